The number of imidazole rings is 1. The number of halogens is 1. The van der Waals surface area contributed by atoms with Crippen LogP contribution in [0.5, 0.6) is 0 Å². The lowest BCUT2D eigenvalue weighted by molar-refractivity contribution is 0.190. The first kappa shape index (κ1) is 23.3. The number of hydrogen-bond acceptors (Lipinski definition) is 5. The van der Waals surface area contributed by atoms with Crippen molar-refractivity contribution in [2.45, 2.75) is 31.0 Å². The molecular formula is C27H27FN4O2S. The Labute approximate surface area is 204 Å². The smallest absolute Gasteiger partial charge is 0.175 e. The van der Waals surface area contributed by atoms with Crippen molar-refractivity contribution in [1.82, 2.24) is 14.5 Å². The molecule has 4 aromatic rings. The van der Waals surface area contributed by atoms with Crippen LogP contribution in [0.1, 0.15) is 28.6 Å². The standard InChI is InChI=1S/C27H27FN4O2S/c1-18-3-7-20(8-4-18)24-16-31(15-19-5-13-23(14-6-19)35(2,33)34)17-25-30-26(27(29)32(24)25)21-9-11-22(28)12-10-21/h3-14,24H,15-17,29H2,1-2H3. The molecule has 0 spiro atoms. The number of nitrogens with two attached hydrogens (primary N) is 1. The van der Waals surface area contributed by atoms with E-state index < -0.39 is 9.84 Å². The first-order valence-corrected chi connectivity index (χ1v) is 13.3. The van der Waals surface area contributed by atoms with Crippen LogP contribution in [0, 0.1) is 12.7 Å². The summed E-state index contributed by atoms with van der Waals surface area (Å²) < 4.78 is 39.2. The third-order valence-corrected chi connectivity index (χ3v) is 7.59. The van der Waals surface area contributed by atoms with Gasteiger partial charge >= 0.3 is 0 Å². The molecule has 1 atom stereocenters. The number of benzene rings is 3. The van der Waals surface area contributed by atoms with E-state index >= 15 is 0 Å². The van der Waals surface area contributed by atoms with Gasteiger partial charge in [-0.2, -0.15) is 0 Å². The maximum absolute atomic E-state index is 13.5. The lowest BCUT2D eigenvalue weighted by Crippen LogP contribution is -2.38. The summed E-state index contributed by atoms with van der Waals surface area (Å²) in [6.07, 6.45) is 1.21. The van der Waals surface area contributed by atoms with Crippen LogP contribution in [0.4, 0.5) is 10.2 Å². The van der Waals surface area contributed by atoms with E-state index in [2.05, 4.69) is 40.7 Å². The van der Waals surface area contributed by atoms with E-state index in [9.17, 15) is 12.8 Å². The molecule has 0 amide bonds. The monoisotopic (exact) mass is 490 g/mol. The van der Waals surface area contributed by atoms with E-state index in [1.165, 1.54) is 24.0 Å². The summed E-state index contributed by atoms with van der Waals surface area (Å²) in [5, 5.41) is 0. The highest BCUT2D eigenvalue weighted by atomic mass is 32.2. The zero-order chi connectivity index (χ0) is 24.7. The van der Waals surface area contributed by atoms with Crippen LogP contribution < -0.4 is 5.73 Å². The first-order valence-electron chi connectivity index (χ1n) is 11.4. The van der Waals surface area contributed by atoms with Gasteiger partial charge in [0.2, 0.25) is 0 Å². The van der Waals surface area contributed by atoms with Crippen molar-refractivity contribution < 1.29 is 12.8 Å². The average Bonchev–Trinajstić information content (AvgIpc) is 3.15. The van der Waals surface area contributed by atoms with E-state index in [0.717, 1.165) is 22.5 Å². The summed E-state index contributed by atoms with van der Waals surface area (Å²) in [4.78, 5) is 7.47. The van der Waals surface area contributed by atoms with Gasteiger partial charge in [-0.15, -0.1) is 0 Å². The van der Waals surface area contributed by atoms with E-state index in [0.29, 0.717) is 36.0 Å². The van der Waals surface area contributed by atoms with Crippen molar-refractivity contribution in [3.63, 3.8) is 0 Å². The zero-order valence-corrected chi connectivity index (χ0v) is 20.5. The molecule has 1 aliphatic heterocycles. The minimum atomic E-state index is -3.24. The van der Waals surface area contributed by atoms with Crippen LogP contribution in [0.2, 0.25) is 0 Å². The minimum absolute atomic E-state index is 0.0451. The summed E-state index contributed by atoms with van der Waals surface area (Å²) in [6.45, 7) is 4.00. The number of aryl methyl sites for hydroxylation is 1. The van der Waals surface area contributed by atoms with E-state index in [1.54, 1.807) is 24.3 Å². The number of hydrogen-bond donors (Lipinski definition) is 1. The van der Waals surface area contributed by atoms with Crippen LogP contribution in [-0.2, 0) is 22.9 Å². The van der Waals surface area contributed by atoms with Gasteiger partial charge in [-0.25, -0.2) is 17.8 Å². The summed E-state index contributed by atoms with van der Waals surface area (Å²) in [5.74, 6) is 1.10. The van der Waals surface area contributed by atoms with Crippen molar-refractivity contribution >= 4 is 15.7 Å². The Bertz CT molecular complexity index is 1460. The molecule has 5 rings (SSSR count). The molecule has 2 N–H and O–H groups in total. The number of rotatable bonds is 5. The fourth-order valence-electron chi connectivity index (χ4n) is 4.63. The van der Waals surface area contributed by atoms with Crippen molar-refractivity contribution in [1.29, 1.82) is 0 Å². The molecule has 3 aromatic carbocycles. The Morgan fingerprint density at radius 1 is 1.00 bits per heavy atom. The first-order chi connectivity index (χ1) is 16.7. The van der Waals surface area contributed by atoms with Gasteiger partial charge in [-0.05, 0) is 54.4 Å². The summed E-state index contributed by atoms with van der Waals surface area (Å²) in [6, 6.07) is 21.6. The van der Waals surface area contributed by atoms with Crippen molar-refractivity contribution in [3.8, 4) is 11.3 Å². The molecule has 8 heteroatoms. The second kappa shape index (κ2) is 8.94. The van der Waals surface area contributed by atoms with Crippen LogP contribution in [0.3, 0.4) is 0 Å². The summed E-state index contributed by atoms with van der Waals surface area (Å²) in [7, 11) is -3.24. The Morgan fingerprint density at radius 3 is 2.29 bits per heavy atom. The van der Waals surface area contributed by atoms with Crippen molar-refractivity contribution in [2.75, 3.05) is 18.5 Å². The number of nitrogens with zero attached hydrogens (tertiary/aromatic N) is 3. The van der Waals surface area contributed by atoms with E-state index in [4.69, 9.17) is 10.7 Å². The molecule has 0 saturated heterocycles. The summed E-state index contributed by atoms with van der Waals surface area (Å²) in [5.41, 5.74) is 11.4. The quantitative estimate of drug-likeness (QED) is 0.443. The molecule has 180 valence electrons. The van der Waals surface area contributed by atoms with Gasteiger partial charge in [0, 0.05) is 24.9 Å². The van der Waals surface area contributed by atoms with Crippen LogP contribution in [0.15, 0.2) is 77.7 Å². The molecule has 1 aromatic heterocycles. The molecule has 1 unspecified atom stereocenters. The highest BCUT2D eigenvalue weighted by molar-refractivity contribution is 7.90. The molecule has 0 aliphatic carbocycles. The Hall–Kier alpha value is -3.49. The molecule has 2 heterocycles. The molecule has 1 aliphatic rings. The highest BCUT2D eigenvalue weighted by Crippen LogP contribution is 2.36. The molecule has 0 fully saturated rings. The summed E-state index contributed by atoms with van der Waals surface area (Å²) >= 11 is 0. The van der Waals surface area contributed by atoms with Gasteiger partial charge < -0.3 is 10.3 Å². The lowest BCUT2D eigenvalue weighted by Gasteiger charge is -2.35. The topological polar surface area (TPSA) is 81.2 Å². The average molecular weight is 491 g/mol. The van der Waals surface area contributed by atoms with Gasteiger partial charge in [0.15, 0.2) is 9.84 Å². The maximum atomic E-state index is 13.5. The van der Waals surface area contributed by atoms with Gasteiger partial charge in [0.05, 0.1) is 17.5 Å². The molecule has 0 radical (unpaired) electrons. The second-order valence-electron chi connectivity index (χ2n) is 9.15. The number of anilines is 1. The van der Waals surface area contributed by atoms with E-state index in [1.807, 2.05) is 12.1 Å². The third-order valence-electron chi connectivity index (χ3n) is 6.47. The van der Waals surface area contributed by atoms with E-state index in [-0.39, 0.29) is 11.9 Å². The fourth-order valence-corrected chi connectivity index (χ4v) is 5.26. The highest BCUT2D eigenvalue weighted by Gasteiger charge is 2.31. The second-order valence-corrected chi connectivity index (χ2v) is 11.2. The van der Waals surface area contributed by atoms with Crippen molar-refractivity contribution in [2.24, 2.45) is 0 Å². The number of fused-ring (bicyclic) bond motifs is 1. The van der Waals surface area contributed by atoms with Crippen LogP contribution in [-0.4, -0.2) is 35.7 Å². The lowest BCUT2D eigenvalue weighted by atomic mass is 10.0. The maximum Gasteiger partial charge on any atom is 0.175 e. The molecular weight excluding hydrogens is 463 g/mol. The number of aromatic nitrogens is 2. The molecule has 0 bridgehead atoms. The van der Waals surface area contributed by atoms with Gasteiger partial charge in [-0.1, -0.05) is 42.0 Å². The van der Waals surface area contributed by atoms with Gasteiger partial charge in [0.25, 0.3) is 0 Å². The predicted molar refractivity (Wildman–Crippen MR) is 135 cm³/mol. The van der Waals surface area contributed by atoms with Gasteiger partial charge in [0.1, 0.15) is 23.2 Å². The Balaban J connectivity index is 1.51. The number of sulfone groups is 1. The van der Waals surface area contributed by atoms with Crippen LogP contribution >= 0.6 is 0 Å². The van der Waals surface area contributed by atoms with Gasteiger partial charge in [-0.3, -0.25) is 4.90 Å². The third kappa shape index (κ3) is 4.72. The molecule has 6 nitrogen and oxygen atoms in total. The predicted octanol–water partition coefficient (Wildman–Crippen LogP) is 4.59. The minimum Gasteiger partial charge on any atom is -0.383 e. The van der Waals surface area contributed by atoms with Crippen molar-refractivity contribution in [3.05, 3.63) is 101 Å². The largest absolute Gasteiger partial charge is 0.383 e. The Morgan fingerprint density at radius 2 is 1.66 bits per heavy atom. The molecule has 0 saturated carbocycles. The SMILES string of the molecule is Cc1ccc(C2CN(Cc3ccc(S(C)(=O)=O)cc3)Cc3nc(-c4ccc(F)cc4)c(N)n32)cc1. The fraction of sp³-hybridized carbons (Fsp3) is 0.222. The molecule has 35 heavy (non-hydrogen) atoms. The van der Waals surface area contributed by atoms with Crippen LogP contribution in [0.25, 0.3) is 11.3 Å². The number of nitrogen functional groups attached to an aromatic ring is 1. The normalized spacial score (nSPS) is 16.3. The Kier molecular flexibility index (Phi) is 5.94. The zero-order valence-electron chi connectivity index (χ0n) is 19.6.